The van der Waals surface area contributed by atoms with Gasteiger partial charge in [-0.3, -0.25) is 5.10 Å². The second-order valence-corrected chi connectivity index (χ2v) is 6.45. The molecule has 1 aliphatic rings. The number of nitrogens with one attached hydrogen (secondary N) is 1. The first-order valence-electron chi connectivity index (χ1n) is 6.08. The molecule has 0 bridgehead atoms. The van der Waals surface area contributed by atoms with E-state index in [9.17, 15) is 0 Å². The molecule has 0 unspecified atom stereocenters. The van der Waals surface area contributed by atoms with E-state index in [1.807, 2.05) is 0 Å². The Morgan fingerprint density at radius 1 is 1.47 bits per heavy atom. The molecule has 96 valence electrons. The minimum atomic E-state index is 0.210. The van der Waals surface area contributed by atoms with Crippen LogP contribution in [0.25, 0.3) is 0 Å². The lowest BCUT2D eigenvalue weighted by atomic mass is 9.81. The van der Waals surface area contributed by atoms with Crippen molar-refractivity contribution >= 4 is 12.2 Å². The van der Waals surface area contributed by atoms with Crippen molar-refractivity contribution in [3.05, 3.63) is 10.6 Å². The molecule has 17 heavy (non-hydrogen) atoms. The van der Waals surface area contributed by atoms with Crippen molar-refractivity contribution < 1.29 is 4.74 Å². The van der Waals surface area contributed by atoms with Gasteiger partial charge in [-0.2, -0.15) is 5.10 Å². The van der Waals surface area contributed by atoms with E-state index in [0.29, 0.717) is 12.0 Å². The fourth-order valence-corrected chi connectivity index (χ4v) is 2.44. The summed E-state index contributed by atoms with van der Waals surface area (Å²) < 4.78 is 8.19. The highest BCUT2D eigenvalue weighted by Gasteiger charge is 2.34. The minimum absolute atomic E-state index is 0.210. The maximum absolute atomic E-state index is 5.31. The third-order valence-electron chi connectivity index (χ3n) is 3.21. The van der Waals surface area contributed by atoms with E-state index < -0.39 is 0 Å². The number of rotatable bonds is 3. The summed E-state index contributed by atoms with van der Waals surface area (Å²) in [6.45, 7) is 7.55. The monoisotopic (exact) mass is 255 g/mol. The fraction of sp³-hybridized carbons (Fsp3) is 0.833. The van der Waals surface area contributed by atoms with Crippen molar-refractivity contribution in [2.24, 2.45) is 5.41 Å². The van der Waals surface area contributed by atoms with Crippen LogP contribution in [0.3, 0.4) is 0 Å². The third kappa shape index (κ3) is 2.77. The average Bonchev–Trinajstić information content (AvgIpc) is 2.46. The predicted molar refractivity (Wildman–Crippen MR) is 69.6 cm³/mol. The number of ether oxygens (including phenoxy) is 1. The van der Waals surface area contributed by atoms with Crippen molar-refractivity contribution in [1.29, 1.82) is 0 Å². The molecule has 0 atom stereocenters. The average molecular weight is 255 g/mol. The van der Waals surface area contributed by atoms with E-state index in [0.717, 1.165) is 30.0 Å². The van der Waals surface area contributed by atoms with Gasteiger partial charge in [-0.05, 0) is 30.5 Å². The van der Waals surface area contributed by atoms with Gasteiger partial charge < -0.3 is 9.30 Å². The van der Waals surface area contributed by atoms with Gasteiger partial charge in [0.2, 0.25) is 0 Å². The van der Waals surface area contributed by atoms with Gasteiger partial charge in [0.25, 0.3) is 0 Å². The van der Waals surface area contributed by atoms with Crippen LogP contribution in [0.1, 0.15) is 45.4 Å². The molecule has 0 aliphatic heterocycles. The normalized spacial score (nSPS) is 24.7. The molecule has 5 heteroatoms. The summed E-state index contributed by atoms with van der Waals surface area (Å²) in [5.41, 5.74) is 0.210. The molecule has 1 fully saturated rings. The van der Waals surface area contributed by atoms with Crippen molar-refractivity contribution in [3.63, 3.8) is 0 Å². The lowest BCUT2D eigenvalue weighted by Crippen LogP contribution is -2.31. The fourth-order valence-electron chi connectivity index (χ4n) is 2.24. The molecule has 1 heterocycles. The molecule has 0 amide bonds. The van der Waals surface area contributed by atoms with E-state index in [2.05, 4.69) is 35.5 Å². The lowest BCUT2D eigenvalue weighted by Gasteiger charge is -2.34. The molecule has 2 rings (SSSR count). The summed E-state index contributed by atoms with van der Waals surface area (Å²) in [4.78, 5) is 0. The van der Waals surface area contributed by atoms with Gasteiger partial charge in [0.05, 0.1) is 6.10 Å². The topological polar surface area (TPSA) is 42.8 Å². The number of aromatic nitrogens is 3. The van der Waals surface area contributed by atoms with Crippen molar-refractivity contribution in [2.45, 2.75) is 52.2 Å². The minimum Gasteiger partial charge on any atom is -0.381 e. The molecule has 0 radical (unpaired) electrons. The Bertz CT molecular complexity index is 437. The van der Waals surface area contributed by atoms with Crippen LogP contribution in [0.15, 0.2) is 0 Å². The summed E-state index contributed by atoms with van der Waals surface area (Å²) in [7, 11) is 1.77. The zero-order chi connectivity index (χ0) is 12.6. The summed E-state index contributed by atoms with van der Waals surface area (Å²) in [5.74, 6) is 1.59. The van der Waals surface area contributed by atoms with Crippen LogP contribution in [0.5, 0.6) is 0 Å². The Labute approximate surface area is 107 Å². The van der Waals surface area contributed by atoms with Crippen molar-refractivity contribution in [1.82, 2.24) is 14.8 Å². The second kappa shape index (κ2) is 4.53. The highest BCUT2D eigenvalue weighted by molar-refractivity contribution is 7.71. The first-order valence-corrected chi connectivity index (χ1v) is 6.49. The molecule has 0 aromatic carbocycles. The number of methoxy groups -OCH3 is 1. The van der Waals surface area contributed by atoms with E-state index in [-0.39, 0.29) is 5.41 Å². The number of nitrogens with zero attached hydrogens (tertiary/aromatic N) is 2. The SMILES string of the molecule is COC1CC(c2n[nH]c(=S)n2CC(C)(C)C)C1. The van der Waals surface area contributed by atoms with Gasteiger partial charge in [-0.1, -0.05) is 20.8 Å². The van der Waals surface area contributed by atoms with Gasteiger partial charge in [0.15, 0.2) is 4.77 Å². The summed E-state index contributed by atoms with van der Waals surface area (Å²) in [6.07, 6.45) is 2.51. The summed E-state index contributed by atoms with van der Waals surface area (Å²) >= 11 is 5.30. The molecular weight excluding hydrogens is 234 g/mol. The van der Waals surface area contributed by atoms with Gasteiger partial charge in [0.1, 0.15) is 5.82 Å². The largest absolute Gasteiger partial charge is 0.381 e. The molecule has 1 N–H and O–H groups in total. The van der Waals surface area contributed by atoms with E-state index in [1.54, 1.807) is 7.11 Å². The van der Waals surface area contributed by atoms with Crippen molar-refractivity contribution in [2.75, 3.05) is 7.11 Å². The maximum atomic E-state index is 5.31. The Morgan fingerprint density at radius 2 is 2.12 bits per heavy atom. The van der Waals surface area contributed by atoms with Crippen LogP contribution < -0.4 is 0 Å². The van der Waals surface area contributed by atoms with Crippen LogP contribution in [0.4, 0.5) is 0 Å². The van der Waals surface area contributed by atoms with Crippen LogP contribution in [-0.2, 0) is 11.3 Å². The summed E-state index contributed by atoms with van der Waals surface area (Å²) in [5, 5.41) is 7.30. The Hall–Kier alpha value is -0.680. The van der Waals surface area contributed by atoms with Crippen LogP contribution in [0, 0.1) is 10.2 Å². The molecule has 1 aromatic heterocycles. The zero-order valence-electron chi connectivity index (χ0n) is 11.0. The first kappa shape index (κ1) is 12.8. The Morgan fingerprint density at radius 3 is 2.65 bits per heavy atom. The smallest absolute Gasteiger partial charge is 0.195 e. The standard InChI is InChI=1S/C12H21N3OS/c1-12(2,3)7-15-10(13-14-11(15)17)8-5-9(6-8)16-4/h8-9H,5-7H2,1-4H3,(H,14,17). The number of H-pyrrole nitrogens is 1. The number of hydrogen-bond acceptors (Lipinski definition) is 3. The van der Waals surface area contributed by atoms with Crippen LogP contribution in [0.2, 0.25) is 0 Å². The van der Waals surface area contributed by atoms with Crippen LogP contribution >= 0.6 is 12.2 Å². The molecule has 1 aliphatic carbocycles. The van der Waals surface area contributed by atoms with E-state index >= 15 is 0 Å². The van der Waals surface area contributed by atoms with E-state index in [1.165, 1.54) is 0 Å². The van der Waals surface area contributed by atoms with Crippen LogP contribution in [-0.4, -0.2) is 28.0 Å². The lowest BCUT2D eigenvalue weighted by molar-refractivity contribution is 0.0223. The molecule has 1 saturated carbocycles. The molecule has 4 nitrogen and oxygen atoms in total. The van der Waals surface area contributed by atoms with Gasteiger partial charge in [-0.25, -0.2) is 0 Å². The quantitative estimate of drug-likeness (QED) is 0.845. The van der Waals surface area contributed by atoms with E-state index in [4.69, 9.17) is 17.0 Å². The highest BCUT2D eigenvalue weighted by Crippen LogP contribution is 2.38. The molecular formula is C12H21N3OS. The molecule has 0 spiro atoms. The summed E-state index contributed by atoms with van der Waals surface area (Å²) in [6, 6.07) is 0. The van der Waals surface area contributed by atoms with Gasteiger partial charge in [0, 0.05) is 19.6 Å². The second-order valence-electron chi connectivity index (χ2n) is 6.06. The first-order chi connectivity index (χ1) is 7.90. The molecule has 1 aromatic rings. The zero-order valence-corrected chi connectivity index (χ0v) is 11.8. The van der Waals surface area contributed by atoms with Crippen molar-refractivity contribution in [3.8, 4) is 0 Å². The third-order valence-corrected chi connectivity index (χ3v) is 3.53. The number of aromatic amines is 1. The molecule has 0 saturated heterocycles. The Balaban J connectivity index is 2.16. The number of hydrogen-bond donors (Lipinski definition) is 1. The van der Waals surface area contributed by atoms with Gasteiger partial charge >= 0.3 is 0 Å². The highest BCUT2D eigenvalue weighted by atomic mass is 32.1. The predicted octanol–water partition coefficient (Wildman–Crippen LogP) is 2.88. The van der Waals surface area contributed by atoms with Gasteiger partial charge in [-0.15, -0.1) is 0 Å². The Kier molecular flexibility index (Phi) is 3.41. The maximum Gasteiger partial charge on any atom is 0.195 e.